The lowest BCUT2D eigenvalue weighted by Gasteiger charge is -2.20. The van der Waals surface area contributed by atoms with Gasteiger partial charge in [0, 0.05) is 24.2 Å². The predicted octanol–water partition coefficient (Wildman–Crippen LogP) is 4.46. The Morgan fingerprint density at radius 3 is 2.44 bits per heavy atom. The molecular weight excluding hydrogens is 434 g/mol. The van der Waals surface area contributed by atoms with Crippen LogP contribution in [0.3, 0.4) is 0 Å². The molecule has 1 fully saturated rings. The average Bonchev–Trinajstić information content (AvgIpc) is 3.41. The fraction of sp³-hybridized carbons (Fsp3) is 0.348. The highest BCUT2D eigenvalue weighted by molar-refractivity contribution is 7.92. The van der Waals surface area contributed by atoms with Gasteiger partial charge in [0.1, 0.15) is 0 Å². The molecule has 3 aromatic rings. The molecule has 32 heavy (non-hydrogen) atoms. The van der Waals surface area contributed by atoms with E-state index in [4.69, 9.17) is 0 Å². The molecule has 1 aliphatic rings. The van der Waals surface area contributed by atoms with Crippen LogP contribution in [0.2, 0.25) is 0 Å². The number of nitrogens with zero attached hydrogens (tertiary/aromatic N) is 2. The third-order valence-electron chi connectivity index (χ3n) is 5.71. The number of imidazole rings is 1. The largest absolute Gasteiger partial charge is 0.326 e. The Kier molecular flexibility index (Phi) is 5.81. The van der Waals surface area contributed by atoms with Crippen LogP contribution in [0.15, 0.2) is 53.8 Å². The maximum Gasteiger partial charge on any atom is 0.261 e. The Balaban J connectivity index is 1.73. The van der Waals surface area contributed by atoms with Gasteiger partial charge in [0.25, 0.3) is 10.0 Å². The molecule has 0 spiro atoms. The number of rotatable bonds is 5. The Morgan fingerprint density at radius 2 is 1.81 bits per heavy atom. The van der Waals surface area contributed by atoms with Crippen LogP contribution in [0.25, 0.3) is 11.3 Å². The Morgan fingerprint density at radius 1 is 1.12 bits per heavy atom. The van der Waals surface area contributed by atoms with Gasteiger partial charge in [-0.15, -0.1) is 0 Å². The zero-order valence-electron chi connectivity index (χ0n) is 18.2. The first-order valence-corrected chi connectivity index (χ1v) is 11.9. The van der Waals surface area contributed by atoms with E-state index >= 15 is 0 Å². The zero-order valence-corrected chi connectivity index (χ0v) is 19.0. The van der Waals surface area contributed by atoms with Gasteiger partial charge in [0.2, 0.25) is 0 Å². The summed E-state index contributed by atoms with van der Waals surface area (Å²) in [7, 11) is -4.03. The van der Waals surface area contributed by atoms with Crippen molar-refractivity contribution < 1.29 is 17.2 Å². The fourth-order valence-corrected chi connectivity index (χ4v) is 4.93. The number of hydrogen-bond acceptors (Lipinski definition) is 4. The topological polar surface area (TPSA) is 76.0 Å². The van der Waals surface area contributed by atoms with E-state index in [1.807, 2.05) is 25.3 Å². The molecule has 0 aliphatic carbocycles. The van der Waals surface area contributed by atoms with Crippen LogP contribution in [0, 0.1) is 11.6 Å². The van der Waals surface area contributed by atoms with E-state index in [-0.39, 0.29) is 27.6 Å². The highest BCUT2D eigenvalue weighted by Crippen LogP contribution is 2.34. The summed E-state index contributed by atoms with van der Waals surface area (Å²) in [5.74, 6) is -2.20. The van der Waals surface area contributed by atoms with Crippen LogP contribution >= 0.6 is 0 Å². The number of anilines is 1. The molecule has 2 N–H and O–H groups in total. The van der Waals surface area contributed by atoms with Crippen LogP contribution in [0.1, 0.15) is 38.8 Å². The first-order chi connectivity index (χ1) is 15.1. The highest BCUT2D eigenvalue weighted by atomic mass is 32.2. The number of halogens is 2. The maximum absolute atomic E-state index is 14.2. The van der Waals surface area contributed by atoms with Gasteiger partial charge in [0.15, 0.2) is 11.6 Å². The van der Waals surface area contributed by atoms with E-state index in [0.717, 1.165) is 30.7 Å². The van der Waals surface area contributed by atoms with E-state index in [9.17, 15) is 17.2 Å². The molecule has 1 aromatic heterocycles. The molecule has 2 heterocycles. The molecular formula is C23H26F2N4O2S. The van der Waals surface area contributed by atoms with Gasteiger partial charge in [-0.3, -0.25) is 4.72 Å². The summed E-state index contributed by atoms with van der Waals surface area (Å²) in [6.45, 7) is 7.65. The summed E-state index contributed by atoms with van der Waals surface area (Å²) in [6, 6.07) is 8.50. The number of benzene rings is 2. The lowest BCUT2D eigenvalue weighted by atomic mass is 9.87. The van der Waals surface area contributed by atoms with Crippen molar-refractivity contribution in [3.8, 4) is 11.3 Å². The minimum Gasteiger partial charge on any atom is -0.326 e. The summed E-state index contributed by atoms with van der Waals surface area (Å²) in [5.41, 5.74) is 1.55. The highest BCUT2D eigenvalue weighted by Gasteiger charge is 2.24. The van der Waals surface area contributed by atoms with Gasteiger partial charge >= 0.3 is 0 Å². The second-order valence-electron chi connectivity index (χ2n) is 9.02. The molecule has 6 nitrogen and oxygen atoms in total. The molecule has 0 bridgehead atoms. The Labute approximate surface area is 186 Å². The standard InChI is InChI=1S/C23H26F2N4O2S/c1-23(2,3)15-4-6-17(7-5-15)32(30,31)28-21-11-20(25)19(24)10-18(21)22-13-27-14-29(22)16-8-9-26-12-16/h4-7,10-11,13-14,16,26,28H,8-9,12H2,1-3H3. The molecule has 0 amide bonds. The monoisotopic (exact) mass is 460 g/mol. The van der Waals surface area contributed by atoms with E-state index in [0.29, 0.717) is 12.2 Å². The molecule has 1 atom stereocenters. The maximum atomic E-state index is 14.2. The normalized spacial score (nSPS) is 17.0. The first-order valence-electron chi connectivity index (χ1n) is 10.4. The summed E-state index contributed by atoms with van der Waals surface area (Å²) < 4.78 is 58.7. The van der Waals surface area contributed by atoms with Crippen LogP contribution < -0.4 is 10.0 Å². The van der Waals surface area contributed by atoms with Gasteiger partial charge in [-0.1, -0.05) is 32.9 Å². The third-order valence-corrected chi connectivity index (χ3v) is 7.09. The van der Waals surface area contributed by atoms with Crippen LogP contribution in [0.4, 0.5) is 14.5 Å². The van der Waals surface area contributed by atoms with Crippen LogP contribution in [0.5, 0.6) is 0 Å². The van der Waals surface area contributed by atoms with Crippen molar-refractivity contribution in [2.45, 2.75) is 43.5 Å². The number of aromatic nitrogens is 2. The van der Waals surface area contributed by atoms with Crippen molar-refractivity contribution in [1.29, 1.82) is 0 Å². The minimum atomic E-state index is -4.03. The lowest BCUT2D eigenvalue weighted by Crippen LogP contribution is -2.17. The predicted molar refractivity (Wildman–Crippen MR) is 120 cm³/mol. The lowest BCUT2D eigenvalue weighted by molar-refractivity contribution is 0.509. The number of nitrogens with one attached hydrogen (secondary N) is 2. The molecule has 1 aliphatic heterocycles. The van der Waals surface area contributed by atoms with E-state index < -0.39 is 21.7 Å². The molecule has 1 unspecified atom stereocenters. The SMILES string of the molecule is CC(C)(C)c1ccc(S(=O)(=O)Nc2cc(F)c(F)cc2-c2cncn2C2CCNC2)cc1. The van der Waals surface area contributed by atoms with Crippen LogP contribution in [-0.2, 0) is 15.4 Å². The van der Waals surface area contributed by atoms with E-state index in [1.54, 1.807) is 18.5 Å². The third kappa shape index (κ3) is 4.40. The van der Waals surface area contributed by atoms with Crippen LogP contribution in [-0.4, -0.2) is 31.1 Å². The second kappa shape index (κ2) is 8.29. The zero-order chi connectivity index (χ0) is 23.1. The van der Waals surface area contributed by atoms with Crippen molar-refractivity contribution in [1.82, 2.24) is 14.9 Å². The van der Waals surface area contributed by atoms with Gasteiger partial charge in [0.05, 0.1) is 28.8 Å². The summed E-state index contributed by atoms with van der Waals surface area (Å²) >= 11 is 0. The molecule has 4 rings (SSSR count). The number of sulfonamides is 1. The van der Waals surface area contributed by atoms with Crippen molar-refractivity contribution >= 4 is 15.7 Å². The van der Waals surface area contributed by atoms with Gasteiger partial charge in [-0.25, -0.2) is 22.2 Å². The first kappa shape index (κ1) is 22.4. The number of hydrogen-bond donors (Lipinski definition) is 2. The Bertz CT molecular complexity index is 1230. The quantitative estimate of drug-likeness (QED) is 0.590. The minimum absolute atomic E-state index is 0.0367. The smallest absolute Gasteiger partial charge is 0.261 e. The van der Waals surface area contributed by atoms with Gasteiger partial charge < -0.3 is 9.88 Å². The summed E-state index contributed by atoms with van der Waals surface area (Å²) in [4.78, 5) is 4.20. The van der Waals surface area contributed by atoms with E-state index in [1.165, 1.54) is 18.3 Å². The molecule has 0 radical (unpaired) electrons. The van der Waals surface area contributed by atoms with Crippen molar-refractivity contribution in [2.75, 3.05) is 17.8 Å². The van der Waals surface area contributed by atoms with Gasteiger partial charge in [-0.2, -0.15) is 0 Å². The second-order valence-corrected chi connectivity index (χ2v) is 10.7. The fourth-order valence-electron chi connectivity index (χ4n) is 3.86. The molecule has 170 valence electrons. The van der Waals surface area contributed by atoms with Crippen molar-refractivity contribution in [2.24, 2.45) is 0 Å². The summed E-state index contributed by atoms with van der Waals surface area (Å²) in [5, 5.41) is 3.25. The molecule has 9 heteroatoms. The summed E-state index contributed by atoms with van der Waals surface area (Å²) in [6.07, 6.45) is 4.01. The molecule has 2 aromatic carbocycles. The molecule has 1 saturated heterocycles. The van der Waals surface area contributed by atoms with Crippen molar-refractivity contribution in [3.05, 3.63) is 66.1 Å². The van der Waals surface area contributed by atoms with Crippen molar-refractivity contribution in [3.63, 3.8) is 0 Å². The van der Waals surface area contributed by atoms with E-state index in [2.05, 4.69) is 15.0 Å². The molecule has 0 saturated carbocycles. The van der Waals surface area contributed by atoms with Gasteiger partial charge in [-0.05, 0) is 42.1 Å². The average molecular weight is 461 g/mol. The Hall–Kier alpha value is -2.78.